The minimum atomic E-state index is 0.628. The molecule has 0 aliphatic rings. The zero-order chi connectivity index (χ0) is 9.54. The highest BCUT2D eigenvalue weighted by molar-refractivity contribution is 6.30. The smallest absolute Gasteiger partial charge is 0.108 e. The summed E-state index contributed by atoms with van der Waals surface area (Å²) < 4.78 is 0. The molecule has 0 amide bonds. The first-order valence-electron chi connectivity index (χ1n) is 4.37. The fourth-order valence-electron chi connectivity index (χ4n) is 1.63. The normalized spacial score (nSPS) is 11.2. The fourth-order valence-corrected chi connectivity index (χ4v) is 1.83. The Morgan fingerprint density at radius 2 is 1.93 bits per heavy atom. The van der Waals surface area contributed by atoms with E-state index in [-0.39, 0.29) is 0 Å². The Morgan fingerprint density at radius 3 is 2.86 bits per heavy atom. The van der Waals surface area contributed by atoms with E-state index < -0.39 is 0 Å². The molecule has 0 spiro atoms. The number of hydrogen-bond acceptors (Lipinski definition) is 1. The third-order valence-electron chi connectivity index (χ3n) is 2.27. The molecule has 0 saturated carbocycles. The van der Waals surface area contributed by atoms with Crippen molar-refractivity contribution < 1.29 is 0 Å². The Kier molecular flexibility index (Phi) is 1.52. The molecule has 0 unspecified atom stereocenters. The number of halogens is 1. The predicted octanol–water partition coefficient (Wildman–Crippen LogP) is 3.37. The number of aromatic nitrogens is 2. The Labute approximate surface area is 85.5 Å². The van der Waals surface area contributed by atoms with Crippen LogP contribution in [0.25, 0.3) is 21.9 Å². The summed E-state index contributed by atoms with van der Waals surface area (Å²) in [4.78, 5) is 7.54. The van der Waals surface area contributed by atoms with Gasteiger partial charge in [-0.2, -0.15) is 0 Å². The third-order valence-corrected chi connectivity index (χ3v) is 2.47. The second kappa shape index (κ2) is 2.72. The minimum absolute atomic E-state index is 0.628. The number of benzene rings is 1. The summed E-state index contributed by atoms with van der Waals surface area (Å²) in [6.07, 6.45) is 0. The maximum absolute atomic E-state index is 5.86. The molecule has 3 aromatic rings. The molecular weight excluding hydrogens is 196 g/mol. The number of para-hydroxylation sites is 1. The van der Waals surface area contributed by atoms with Crippen molar-refractivity contribution in [1.82, 2.24) is 9.97 Å². The summed E-state index contributed by atoms with van der Waals surface area (Å²) in [7, 11) is 0. The topological polar surface area (TPSA) is 28.7 Å². The number of nitrogens with one attached hydrogen (secondary N) is 1. The molecule has 0 radical (unpaired) electrons. The van der Waals surface area contributed by atoms with Crippen molar-refractivity contribution in [2.24, 2.45) is 0 Å². The van der Waals surface area contributed by atoms with Gasteiger partial charge in [0.25, 0.3) is 0 Å². The van der Waals surface area contributed by atoms with Crippen molar-refractivity contribution >= 4 is 33.5 Å². The third kappa shape index (κ3) is 1.08. The van der Waals surface area contributed by atoms with Crippen molar-refractivity contribution in [3.63, 3.8) is 0 Å². The molecule has 2 aromatic heterocycles. The highest BCUT2D eigenvalue weighted by Gasteiger charge is 2.01. The fraction of sp³-hybridized carbons (Fsp3) is 0. The summed E-state index contributed by atoms with van der Waals surface area (Å²) in [6.45, 7) is 0. The van der Waals surface area contributed by atoms with Crippen molar-refractivity contribution in [3.05, 3.63) is 41.6 Å². The Bertz CT molecular complexity index is 560. The summed E-state index contributed by atoms with van der Waals surface area (Å²) in [6, 6.07) is 11.9. The summed E-state index contributed by atoms with van der Waals surface area (Å²) in [5.74, 6) is 0. The van der Waals surface area contributed by atoms with E-state index in [4.69, 9.17) is 11.6 Å². The molecule has 3 heteroatoms. The molecular formula is C11H7ClN2. The van der Waals surface area contributed by atoms with Crippen LogP contribution in [0.3, 0.4) is 0 Å². The van der Waals surface area contributed by atoms with Gasteiger partial charge in [0.2, 0.25) is 0 Å². The highest BCUT2D eigenvalue weighted by Crippen LogP contribution is 2.21. The van der Waals surface area contributed by atoms with E-state index in [0.717, 1.165) is 21.9 Å². The standard InChI is InChI=1S/C11H7ClN2/c12-11-6-10-9(14-11)5-7-3-1-2-4-8(7)13-10/h1-6,14H. The van der Waals surface area contributed by atoms with Gasteiger partial charge in [-0.1, -0.05) is 29.8 Å². The molecule has 3 rings (SSSR count). The largest absolute Gasteiger partial charge is 0.344 e. The van der Waals surface area contributed by atoms with Crippen LogP contribution in [0.5, 0.6) is 0 Å². The van der Waals surface area contributed by atoms with E-state index in [1.807, 2.05) is 30.3 Å². The van der Waals surface area contributed by atoms with Gasteiger partial charge in [0.15, 0.2) is 0 Å². The first kappa shape index (κ1) is 7.83. The van der Waals surface area contributed by atoms with Crippen LogP contribution in [-0.2, 0) is 0 Å². The number of aromatic amines is 1. The van der Waals surface area contributed by atoms with Gasteiger partial charge in [-0.15, -0.1) is 0 Å². The summed E-state index contributed by atoms with van der Waals surface area (Å²) in [5.41, 5.74) is 2.89. The zero-order valence-corrected chi connectivity index (χ0v) is 8.05. The van der Waals surface area contributed by atoms with Gasteiger partial charge in [-0.3, -0.25) is 0 Å². The van der Waals surface area contributed by atoms with Gasteiger partial charge in [0.1, 0.15) is 5.15 Å². The Hall–Kier alpha value is -1.54. The molecule has 2 nitrogen and oxygen atoms in total. The lowest BCUT2D eigenvalue weighted by Crippen LogP contribution is -1.78. The van der Waals surface area contributed by atoms with Crippen molar-refractivity contribution in [2.45, 2.75) is 0 Å². The highest BCUT2D eigenvalue weighted by atomic mass is 35.5. The number of rotatable bonds is 0. The van der Waals surface area contributed by atoms with E-state index in [2.05, 4.69) is 16.0 Å². The van der Waals surface area contributed by atoms with Gasteiger partial charge in [0.05, 0.1) is 16.6 Å². The van der Waals surface area contributed by atoms with Crippen LogP contribution in [-0.4, -0.2) is 9.97 Å². The Balaban J connectivity index is 2.51. The molecule has 0 aliphatic carbocycles. The van der Waals surface area contributed by atoms with Crippen LogP contribution in [0.2, 0.25) is 5.15 Å². The lowest BCUT2D eigenvalue weighted by molar-refractivity contribution is 1.46. The van der Waals surface area contributed by atoms with Crippen molar-refractivity contribution in [2.75, 3.05) is 0 Å². The van der Waals surface area contributed by atoms with Gasteiger partial charge in [-0.25, -0.2) is 4.98 Å². The van der Waals surface area contributed by atoms with Crippen LogP contribution in [0.1, 0.15) is 0 Å². The van der Waals surface area contributed by atoms with E-state index in [1.54, 1.807) is 0 Å². The molecule has 2 heterocycles. The molecule has 14 heavy (non-hydrogen) atoms. The predicted molar refractivity (Wildman–Crippen MR) is 58.6 cm³/mol. The Morgan fingerprint density at radius 1 is 1.07 bits per heavy atom. The van der Waals surface area contributed by atoms with Crippen molar-refractivity contribution in [1.29, 1.82) is 0 Å². The molecule has 1 aromatic carbocycles. The average molecular weight is 203 g/mol. The molecule has 68 valence electrons. The number of pyridine rings is 1. The monoisotopic (exact) mass is 202 g/mol. The van der Waals surface area contributed by atoms with Crippen LogP contribution in [0, 0.1) is 0 Å². The minimum Gasteiger partial charge on any atom is -0.344 e. The second-order valence-corrected chi connectivity index (χ2v) is 3.64. The maximum atomic E-state index is 5.86. The van der Waals surface area contributed by atoms with E-state index in [9.17, 15) is 0 Å². The van der Waals surface area contributed by atoms with E-state index >= 15 is 0 Å². The summed E-state index contributed by atoms with van der Waals surface area (Å²) in [5, 5.41) is 1.75. The lowest BCUT2D eigenvalue weighted by Gasteiger charge is -1.95. The van der Waals surface area contributed by atoms with Crippen LogP contribution >= 0.6 is 11.6 Å². The van der Waals surface area contributed by atoms with Gasteiger partial charge in [0, 0.05) is 11.5 Å². The van der Waals surface area contributed by atoms with Crippen LogP contribution < -0.4 is 0 Å². The van der Waals surface area contributed by atoms with Gasteiger partial charge in [-0.05, 0) is 12.1 Å². The molecule has 0 bridgehead atoms. The first-order valence-corrected chi connectivity index (χ1v) is 4.75. The van der Waals surface area contributed by atoms with Gasteiger partial charge >= 0.3 is 0 Å². The summed E-state index contributed by atoms with van der Waals surface area (Å²) >= 11 is 5.86. The zero-order valence-electron chi connectivity index (χ0n) is 7.29. The van der Waals surface area contributed by atoms with E-state index in [1.165, 1.54) is 0 Å². The van der Waals surface area contributed by atoms with E-state index in [0.29, 0.717) is 5.15 Å². The number of H-pyrrole nitrogens is 1. The quantitative estimate of drug-likeness (QED) is 0.595. The first-order chi connectivity index (χ1) is 6.83. The molecule has 0 fully saturated rings. The maximum Gasteiger partial charge on any atom is 0.108 e. The average Bonchev–Trinajstić information content (AvgIpc) is 2.53. The van der Waals surface area contributed by atoms with Gasteiger partial charge < -0.3 is 4.98 Å². The molecule has 0 aliphatic heterocycles. The number of fused-ring (bicyclic) bond motifs is 2. The second-order valence-electron chi connectivity index (χ2n) is 3.23. The number of hydrogen-bond donors (Lipinski definition) is 1. The number of nitrogens with zero attached hydrogens (tertiary/aromatic N) is 1. The molecule has 1 N–H and O–H groups in total. The van der Waals surface area contributed by atoms with Crippen LogP contribution in [0.15, 0.2) is 36.4 Å². The SMILES string of the molecule is Clc1cc2nc3ccccc3cc2[nH]1. The molecule has 0 atom stereocenters. The molecule has 0 saturated heterocycles. The van der Waals surface area contributed by atoms with Crippen LogP contribution in [0.4, 0.5) is 0 Å². The van der Waals surface area contributed by atoms with Crippen molar-refractivity contribution in [3.8, 4) is 0 Å². The lowest BCUT2D eigenvalue weighted by atomic mass is 10.2.